The minimum absolute atomic E-state index is 0.0185. The van der Waals surface area contributed by atoms with Crippen LogP contribution in [0.15, 0.2) is 73.3 Å². The molecule has 0 aromatic heterocycles. The highest BCUT2D eigenvalue weighted by Crippen LogP contribution is 2.08. The van der Waals surface area contributed by atoms with Gasteiger partial charge in [0.05, 0.1) is 0 Å². The summed E-state index contributed by atoms with van der Waals surface area (Å²) in [6.45, 7) is 22.0. The van der Waals surface area contributed by atoms with Gasteiger partial charge in [-0.1, -0.05) is 67.2 Å². The summed E-state index contributed by atoms with van der Waals surface area (Å²) in [5, 5.41) is 8.71. The molecule has 10 nitrogen and oxygen atoms in total. The van der Waals surface area contributed by atoms with Crippen LogP contribution in [0.3, 0.4) is 0 Å². The largest absolute Gasteiger partial charge is 0.444 e. The monoisotopic (exact) mass is 640 g/mol. The Labute approximate surface area is 276 Å². The van der Waals surface area contributed by atoms with Crippen LogP contribution < -0.4 is 16.0 Å². The van der Waals surface area contributed by atoms with Crippen LogP contribution in [0.2, 0.25) is 0 Å². The average molecular weight is 641 g/mol. The van der Waals surface area contributed by atoms with Crippen molar-refractivity contribution >= 4 is 23.8 Å². The Bertz CT molecular complexity index is 1160. The number of amides is 2. The van der Waals surface area contributed by atoms with Crippen molar-refractivity contribution in [3.8, 4) is 0 Å². The Morgan fingerprint density at radius 3 is 1.61 bits per heavy atom. The van der Waals surface area contributed by atoms with Gasteiger partial charge in [0.15, 0.2) is 5.78 Å². The van der Waals surface area contributed by atoms with Crippen LogP contribution in [0.4, 0.5) is 9.59 Å². The molecule has 2 rings (SSSR count). The molecule has 46 heavy (non-hydrogen) atoms. The number of hydrogen-bond acceptors (Lipinski definition) is 8. The average Bonchev–Trinajstić information content (AvgIpc) is 2.95. The van der Waals surface area contributed by atoms with Gasteiger partial charge < -0.3 is 25.4 Å². The van der Waals surface area contributed by atoms with Gasteiger partial charge in [0.25, 0.3) is 0 Å². The molecule has 10 heteroatoms. The number of benzene rings is 2. The Balaban J connectivity index is 0.000000783. The minimum atomic E-state index is -0.498. The number of ether oxygens (including phenoxy) is 2. The number of alkyl carbamates (subject to hydrolysis) is 2. The summed E-state index contributed by atoms with van der Waals surface area (Å²) in [5.74, 6) is 0.188. The minimum Gasteiger partial charge on any atom is -0.444 e. The van der Waals surface area contributed by atoms with Crippen molar-refractivity contribution in [2.75, 3.05) is 32.7 Å². The van der Waals surface area contributed by atoms with E-state index >= 15 is 0 Å². The van der Waals surface area contributed by atoms with Crippen LogP contribution in [0.5, 0.6) is 0 Å². The third-order valence-electron chi connectivity index (χ3n) is 5.55. The lowest BCUT2D eigenvalue weighted by Crippen LogP contribution is -2.38. The summed E-state index contributed by atoms with van der Waals surface area (Å²) in [5.41, 5.74) is 1.48. The van der Waals surface area contributed by atoms with Crippen molar-refractivity contribution in [2.24, 2.45) is 0 Å². The van der Waals surface area contributed by atoms with E-state index in [1.165, 1.54) is 24.1 Å². The number of carbonyl (C=O) groups excluding carboxylic acids is 4. The maximum atomic E-state index is 11.7. The molecule has 0 spiro atoms. The highest BCUT2D eigenvalue weighted by atomic mass is 16.6. The molecule has 0 saturated carbocycles. The third kappa shape index (κ3) is 27.5. The van der Waals surface area contributed by atoms with Crippen molar-refractivity contribution in [3.63, 3.8) is 0 Å². The van der Waals surface area contributed by atoms with Crippen LogP contribution in [0, 0.1) is 0 Å². The van der Waals surface area contributed by atoms with Crippen LogP contribution in [0.1, 0.15) is 72.9 Å². The second kappa shape index (κ2) is 23.3. The number of nitrogens with one attached hydrogen (secondary N) is 3. The van der Waals surface area contributed by atoms with E-state index in [0.717, 1.165) is 13.1 Å². The van der Waals surface area contributed by atoms with Crippen molar-refractivity contribution in [1.29, 1.82) is 0 Å². The van der Waals surface area contributed by atoms with Crippen molar-refractivity contribution < 1.29 is 28.7 Å². The highest BCUT2D eigenvalue weighted by Gasteiger charge is 2.16. The zero-order valence-corrected chi connectivity index (χ0v) is 29.1. The number of nitrogens with zero attached hydrogens (tertiary/aromatic N) is 1. The smallest absolute Gasteiger partial charge is 0.407 e. The van der Waals surface area contributed by atoms with Crippen LogP contribution in [-0.4, -0.2) is 72.6 Å². The SMILES string of the molecule is C=CC(C)=O.CC(=O)CCN(CCNC(=O)OC(C)(C)C)Cc1ccccc1.CC(C)(C)OC(=O)NCCNCc1ccccc1. The van der Waals surface area contributed by atoms with E-state index in [4.69, 9.17) is 9.47 Å². The topological polar surface area (TPSA) is 126 Å². The Hall–Kier alpha value is -4.02. The van der Waals surface area contributed by atoms with Crippen molar-refractivity contribution in [2.45, 2.75) is 86.1 Å². The number of hydrogen-bond donors (Lipinski definition) is 3. The molecule has 2 amide bonds. The highest BCUT2D eigenvalue weighted by molar-refractivity contribution is 5.86. The van der Waals surface area contributed by atoms with Gasteiger partial charge in [0, 0.05) is 52.2 Å². The molecule has 0 aliphatic carbocycles. The summed E-state index contributed by atoms with van der Waals surface area (Å²) in [6, 6.07) is 20.2. The maximum Gasteiger partial charge on any atom is 0.407 e. The van der Waals surface area contributed by atoms with Crippen molar-refractivity contribution in [1.82, 2.24) is 20.9 Å². The molecule has 0 unspecified atom stereocenters. The predicted molar refractivity (Wildman–Crippen MR) is 185 cm³/mol. The fourth-order valence-corrected chi connectivity index (χ4v) is 3.45. The molecule has 2 aromatic carbocycles. The molecule has 256 valence electrons. The van der Waals surface area contributed by atoms with Gasteiger partial charge in [0.2, 0.25) is 0 Å². The summed E-state index contributed by atoms with van der Waals surface area (Å²) in [6.07, 6.45) is 1.01. The fourth-order valence-electron chi connectivity index (χ4n) is 3.45. The molecule has 0 aliphatic heterocycles. The van der Waals surface area contributed by atoms with Gasteiger partial charge in [-0.05, 0) is 72.6 Å². The number of allylic oxidation sites excluding steroid dienone is 1. The molecule has 0 heterocycles. The Morgan fingerprint density at radius 2 is 1.17 bits per heavy atom. The first-order valence-corrected chi connectivity index (χ1v) is 15.6. The number of rotatable bonds is 14. The van der Waals surface area contributed by atoms with Crippen LogP contribution in [0.25, 0.3) is 0 Å². The first kappa shape index (κ1) is 42.0. The molecule has 3 N–H and O–H groups in total. The molecule has 0 fully saturated rings. The second-order valence-electron chi connectivity index (χ2n) is 12.5. The zero-order valence-electron chi connectivity index (χ0n) is 29.1. The summed E-state index contributed by atoms with van der Waals surface area (Å²) < 4.78 is 10.3. The van der Waals surface area contributed by atoms with Gasteiger partial charge in [-0.3, -0.25) is 14.5 Å². The number of ketones is 2. The summed E-state index contributed by atoms with van der Waals surface area (Å²) >= 11 is 0. The lowest BCUT2D eigenvalue weighted by atomic mass is 10.2. The van der Waals surface area contributed by atoms with E-state index in [2.05, 4.69) is 51.7 Å². The van der Waals surface area contributed by atoms with E-state index in [9.17, 15) is 19.2 Å². The van der Waals surface area contributed by atoms with E-state index in [1.807, 2.05) is 77.9 Å². The van der Waals surface area contributed by atoms with E-state index < -0.39 is 17.3 Å². The van der Waals surface area contributed by atoms with E-state index in [0.29, 0.717) is 39.1 Å². The maximum absolute atomic E-state index is 11.7. The predicted octanol–water partition coefficient (Wildman–Crippen LogP) is 6.05. The quantitative estimate of drug-likeness (QED) is 0.168. The van der Waals surface area contributed by atoms with Gasteiger partial charge in [-0.15, -0.1) is 0 Å². The van der Waals surface area contributed by atoms with Crippen molar-refractivity contribution in [3.05, 3.63) is 84.4 Å². The zero-order chi connectivity index (χ0) is 35.0. The first-order valence-electron chi connectivity index (χ1n) is 15.6. The summed E-state index contributed by atoms with van der Waals surface area (Å²) in [7, 11) is 0. The lowest BCUT2D eigenvalue weighted by molar-refractivity contribution is -0.117. The van der Waals surface area contributed by atoms with Gasteiger partial charge >= 0.3 is 12.2 Å². The molecule has 0 saturated heterocycles. The summed E-state index contributed by atoms with van der Waals surface area (Å²) in [4.78, 5) is 46.1. The Kier molecular flexibility index (Phi) is 21.3. The first-order chi connectivity index (χ1) is 21.5. The molecule has 2 aromatic rings. The standard InChI is InChI=1S/C18H28N2O3.C14H22N2O2.C4H6O/c1-15(21)10-12-20(14-16-8-6-5-7-9-16)13-11-19-17(22)23-18(2,3)4;1-14(2,3)18-13(17)16-10-9-15-11-12-7-5-4-6-8-12;1-3-4(2)5/h5-9H,10-14H2,1-4H3,(H,19,22);4-8,15H,9-11H2,1-3H3,(H,16,17);3H,1H2,2H3. The van der Waals surface area contributed by atoms with E-state index in [1.54, 1.807) is 6.92 Å². The third-order valence-corrected chi connectivity index (χ3v) is 5.55. The van der Waals surface area contributed by atoms with Crippen LogP contribution in [-0.2, 0) is 32.2 Å². The molecule has 0 radical (unpaired) electrons. The van der Waals surface area contributed by atoms with Gasteiger partial charge in [-0.25, -0.2) is 9.59 Å². The normalized spacial score (nSPS) is 10.7. The second-order valence-corrected chi connectivity index (χ2v) is 12.5. The molecule has 0 bridgehead atoms. The fraction of sp³-hybridized carbons (Fsp3) is 0.500. The van der Waals surface area contributed by atoms with Gasteiger partial charge in [-0.2, -0.15) is 0 Å². The molecular formula is C36H56N4O6. The van der Waals surface area contributed by atoms with Crippen LogP contribution >= 0.6 is 0 Å². The molecular weight excluding hydrogens is 584 g/mol. The molecule has 0 aliphatic rings. The molecule has 0 atom stereocenters. The number of carbonyl (C=O) groups is 4. The number of Topliss-reactive ketones (excluding diaryl/α,β-unsaturated/α-hetero) is 1. The Morgan fingerprint density at radius 1 is 0.717 bits per heavy atom. The van der Waals surface area contributed by atoms with Gasteiger partial charge in [0.1, 0.15) is 17.0 Å². The van der Waals surface area contributed by atoms with E-state index in [-0.39, 0.29) is 17.7 Å². The lowest BCUT2D eigenvalue weighted by Gasteiger charge is -2.23.